The number of rotatable bonds is 2. The predicted octanol–water partition coefficient (Wildman–Crippen LogP) is 3.22. The highest BCUT2D eigenvalue weighted by Crippen LogP contribution is 2.53. The van der Waals surface area contributed by atoms with Crippen LogP contribution in [0.1, 0.15) is 43.7 Å². The summed E-state index contributed by atoms with van der Waals surface area (Å²) in [6.07, 6.45) is 1.59. The fraction of sp³-hybridized carbons (Fsp3) is 0.571. The molecule has 0 spiro atoms. The first-order chi connectivity index (χ1) is 8.53. The molecule has 0 atom stereocenters. The lowest BCUT2D eigenvalue weighted by Gasteiger charge is -2.26. The minimum absolute atomic E-state index is 0.243. The Bertz CT molecular complexity index is 492. The van der Waals surface area contributed by atoms with E-state index in [2.05, 4.69) is 13.8 Å². The minimum atomic E-state index is -0.709. The fourth-order valence-corrected chi connectivity index (χ4v) is 2.97. The van der Waals surface area contributed by atoms with E-state index in [1.54, 1.807) is 0 Å². The normalized spacial score (nSPS) is 20.1. The van der Waals surface area contributed by atoms with Crippen molar-refractivity contribution in [1.29, 1.82) is 0 Å². The van der Waals surface area contributed by atoms with Crippen molar-refractivity contribution in [2.24, 2.45) is 0 Å². The molecule has 1 heterocycles. The van der Waals surface area contributed by atoms with Crippen LogP contribution < -0.4 is 9.47 Å². The molecule has 3 nitrogen and oxygen atoms in total. The van der Waals surface area contributed by atoms with Crippen molar-refractivity contribution < 1.29 is 14.6 Å². The van der Waals surface area contributed by atoms with Gasteiger partial charge in [-0.1, -0.05) is 25.4 Å². The molecule has 3 rings (SSSR count). The molecular formula is C14H17ClO3. The lowest BCUT2D eigenvalue weighted by molar-refractivity contribution is 0.145. The van der Waals surface area contributed by atoms with E-state index >= 15 is 0 Å². The van der Waals surface area contributed by atoms with E-state index in [9.17, 15) is 5.11 Å². The van der Waals surface area contributed by atoms with Gasteiger partial charge in [0.1, 0.15) is 13.2 Å². The Morgan fingerprint density at radius 1 is 1.28 bits per heavy atom. The van der Waals surface area contributed by atoms with Crippen LogP contribution in [0.5, 0.6) is 11.5 Å². The first-order valence-corrected chi connectivity index (χ1v) is 6.75. The summed E-state index contributed by atoms with van der Waals surface area (Å²) < 4.78 is 11.2. The van der Waals surface area contributed by atoms with Crippen molar-refractivity contribution >= 4 is 11.6 Å². The van der Waals surface area contributed by atoms with Gasteiger partial charge in [0.2, 0.25) is 0 Å². The van der Waals surface area contributed by atoms with E-state index in [0.29, 0.717) is 29.7 Å². The maximum atomic E-state index is 10.4. The third-order valence-electron chi connectivity index (χ3n) is 3.61. The summed E-state index contributed by atoms with van der Waals surface area (Å²) in [5, 5.41) is 11.0. The molecule has 0 radical (unpaired) electrons. The number of fused-ring (bicyclic) bond motifs is 1. The third-order valence-corrected chi connectivity index (χ3v) is 3.99. The summed E-state index contributed by atoms with van der Waals surface area (Å²) in [5.41, 5.74) is 1.19. The van der Waals surface area contributed by atoms with Gasteiger partial charge < -0.3 is 14.6 Å². The molecule has 4 heteroatoms. The molecule has 0 saturated heterocycles. The molecule has 1 aliphatic carbocycles. The molecule has 0 unspecified atom stereocenters. The zero-order chi connectivity index (χ0) is 12.9. The third kappa shape index (κ3) is 1.77. The monoisotopic (exact) mass is 268 g/mol. The summed E-state index contributed by atoms with van der Waals surface area (Å²) >= 11 is 6.44. The van der Waals surface area contributed by atoms with Crippen LogP contribution in [0, 0.1) is 0 Å². The Kier molecular flexibility index (Phi) is 2.72. The Labute approximate surface area is 112 Å². The Morgan fingerprint density at radius 2 is 1.94 bits per heavy atom. The first kappa shape index (κ1) is 12.1. The second-order valence-electron chi connectivity index (χ2n) is 5.36. The maximum absolute atomic E-state index is 10.4. The standard InChI is InChI=1S/C14H17ClO3/c1-8(2)11-9(14(16)3-4-14)7-10-13(12(11)15)18-6-5-17-10/h7-8,16H,3-6H2,1-2H3. The van der Waals surface area contributed by atoms with Crippen LogP contribution in [0.4, 0.5) is 0 Å². The summed E-state index contributed by atoms with van der Waals surface area (Å²) in [4.78, 5) is 0. The highest BCUT2D eigenvalue weighted by molar-refractivity contribution is 6.33. The molecule has 1 aliphatic heterocycles. The molecule has 1 saturated carbocycles. The van der Waals surface area contributed by atoms with Gasteiger partial charge in [-0.15, -0.1) is 0 Å². The largest absolute Gasteiger partial charge is 0.486 e. The fourth-order valence-electron chi connectivity index (χ4n) is 2.50. The maximum Gasteiger partial charge on any atom is 0.180 e. The van der Waals surface area contributed by atoms with Crippen molar-refractivity contribution in [2.45, 2.75) is 38.2 Å². The molecule has 1 aromatic carbocycles. The molecule has 0 aromatic heterocycles. The smallest absolute Gasteiger partial charge is 0.180 e. The number of benzene rings is 1. The zero-order valence-corrected chi connectivity index (χ0v) is 11.4. The van der Waals surface area contributed by atoms with E-state index < -0.39 is 5.60 Å². The molecule has 1 aromatic rings. The van der Waals surface area contributed by atoms with Crippen LogP contribution in [0.3, 0.4) is 0 Å². The SMILES string of the molecule is CC(C)c1c(C2(O)CC2)cc2c(c1Cl)OCCO2. The van der Waals surface area contributed by atoms with Crippen molar-refractivity contribution in [3.63, 3.8) is 0 Å². The van der Waals surface area contributed by atoms with Crippen LogP contribution in [0.25, 0.3) is 0 Å². The summed E-state index contributed by atoms with van der Waals surface area (Å²) in [5.74, 6) is 1.53. The first-order valence-electron chi connectivity index (χ1n) is 6.38. The number of halogens is 1. The molecular weight excluding hydrogens is 252 g/mol. The van der Waals surface area contributed by atoms with Gasteiger partial charge in [-0.05, 0) is 36.0 Å². The molecule has 0 amide bonds. The Hall–Kier alpha value is -0.930. The Balaban J connectivity index is 2.21. The summed E-state index contributed by atoms with van der Waals surface area (Å²) in [6.45, 7) is 5.20. The summed E-state index contributed by atoms with van der Waals surface area (Å²) in [7, 11) is 0. The second kappa shape index (κ2) is 4.04. The summed E-state index contributed by atoms with van der Waals surface area (Å²) in [6, 6.07) is 1.91. The van der Waals surface area contributed by atoms with Crippen LogP contribution in [0.15, 0.2) is 6.07 Å². The van der Waals surface area contributed by atoms with E-state index in [0.717, 1.165) is 24.0 Å². The molecule has 0 bridgehead atoms. The highest BCUT2D eigenvalue weighted by atomic mass is 35.5. The minimum Gasteiger partial charge on any atom is -0.486 e. The van der Waals surface area contributed by atoms with Crippen molar-refractivity contribution in [3.8, 4) is 11.5 Å². The lowest BCUT2D eigenvalue weighted by atomic mass is 9.91. The molecule has 2 aliphatic rings. The number of hydrogen-bond acceptors (Lipinski definition) is 3. The van der Waals surface area contributed by atoms with Gasteiger partial charge in [0, 0.05) is 0 Å². The highest BCUT2D eigenvalue weighted by Gasteiger charge is 2.45. The quantitative estimate of drug-likeness (QED) is 0.895. The number of hydrogen-bond donors (Lipinski definition) is 1. The van der Waals surface area contributed by atoms with E-state index in [4.69, 9.17) is 21.1 Å². The number of aliphatic hydroxyl groups is 1. The van der Waals surface area contributed by atoms with E-state index in [1.165, 1.54) is 0 Å². The average molecular weight is 269 g/mol. The van der Waals surface area contributed by atoms with E-state index in [1.807, 2.05) is 6.07 Å². The van der Waals surface area contributed by atoms with Crippen LogP contribution >= 0.6 is 11.6 Å². The van der Waals surface area contributed by atoms with Crippen LogP contribution in [-0.2, 0) is 5.60 Å². The van der Waals surface area contributed by atoms with Gasteiger partial charge in [0.15, 0.2) is 11.5 Å². The van der Waals surface area contributed by atoms with Gasteiger partial charge in [-0.2, -0.15) is 0 Å². The van der Waals surface area contributed by atoms with Gasteiger partial charge in [0.05, 0.1) is 10.6 Å². The Morgan fingerprint density at radius 3 is 2.56 bits per heavy atom. The second-order valence-corrected chi connectivity index (χ2v) is 5.74. The number of ether oxygens (including phenoxy) is 2. The topological polar surface area (TPSA) is 38.7 Å². The van der Waals surface area contributed by atoms with Crippen molar-refractivity contribution in [2.75, 3.05) is 13.2 Å². The lowest BCUT2D eigenvalue weighted by Crippen LogP contribution is -2.19. The predicted molar refractivity (Wildman–Crippen MR) is 69.7 cm³/mol. The average Bonchev–Trinajstić information content (AvgIpc) is 3.08. The van der Waals surface area contributed by atoms with Gasteiger partial charge >= 0.3 is 0 Å². The van der Waals surface area contributed by atoms with Gasteiger partial charge in [0.25, 0.3) is 0 Å². The molecule has 1 fully saturated rings. The van der Waals surface area contributed by atoms with E-state index in [-0.39, 0.29) is 5.92 Å². The molecule has 18 heavy (non-hydrogen) atoms. The van der Waals surface area contributed by atoms with Gasteiger partial charge in [-0.25, -0.2) is 0 Å². The zero-order valence-electron chi connectivity index (χ0n) is 10.6. The van der Waals surface area contributed by atoms with Gasteiger partial charge in [-0.3, -0.25) is 0 Å². The van der Waals surface area contributed by atoms with Crippen molar-refractivity contribution in [3.05, 3.63) is 22.2 Å². The van der Waals surface area contributed by atoms with Crippen molar-refractivity contribution in [1.82, 2.24) is 0 Å². The van der Waals surface area contributed by atoms with Crippen LogP contribution in [-0.4, -0.2) is 18.3 Å². The molecule has 1 N–H and O–H groups in total. The van der Waals surface area contributed by atoms with Crippen LogP contribution in [0.2, 0.25) is 5.02 Å². The molecule has 98 valence electrons.